The summed E-state index contributed by atoms with van der Waals surface area (Å²) in [7, 11) is 0. The van der Waals surface area contributed by atoms with Crippen molar-refractivity contribution in [3.05, 3.63) is 63.4 Å². The first-order chi connectivity index (χ1) is 12.4. The first-order valence-electron chi connectivity index (χ1n) is 7.20. The van der Waals surface area contributed by atoms with E-state index in [1.807, 2.05) is 0 Å². The fourth-order valence-corrected chi connectivity index (χ4v) is 2.28. The third kappa shape index (κ3) is 3.98. The van der Waals surface area contributed by atoms with Crippen molar-refractivity contribution in [3.63, 3.8) is 0 Å². The van der Waals surface area contributed by atoms with E-state index in [0.717, 1.165) is 10.9 Å². The van der Waals surface area contributed by atoms with Crippen molar-refractivity contribution in [2.24, 2.45) is 0 Å². The van der Waals surface area contributed by atoms with E-state index in [-0.39, 0.29) is 34.6 Å². The monoisotopic (exact) mass is 376 g/mol. The van der Waals surface area contributed by atoms with E-state index in [1.165, 1.54) is 36.4 Å². The highest BCUT2D eigenvalue weighted by molar-refractivity contribution is 6.33. The number of anilines is 1. The molecule has 0 fully saturated rings. The van der Waals surface area contributed by atoms with Gasteiger partial charge in [-0.1, -0.05) is 11.6 Å². The van der Waals surface area contributed by atoms with Crippen LogP contribution in [0.5, 0.6) is 0 Å². The summed E-state index contributed by atoms with van der Waals surface area (Å²) in [6, 6.07) is 9.20. The van der Waals surface area contributed by atoms with Crippen LogP contribution >= 0.6 is 11.6 Å². The van der Waals surface area contributed by atoms with Crippen molar-refractivity contribution >= 4 is 28.9 Å². The molecule has 2 aromatic carbocycles. The Bertz CT molecular complexity index is 976. The van der Waals surface area contributed by atoms with Crippen LogP contribution in [0, 0.1) is 15.9 Å². The molecule has 0 aliphatic carbocycles. The fourth-order valence-electron chi connectivity index (χ4n) is 2.06. The smallest absolute Gasteiger partial charge is 0.271 e. The van der Waals surface area contributed by atoms with Gasteiger partial charge in [0.2, 0.25) is 11.7 Å². The lowest BCUT2D eigenvalue weighted by atomic mass is 10.2. The van der Waals surface area contributed by atoms with Crippen LogP contribution in [0.3, 0.4) is 0 Å². The number of benzene rings is 2. The van der Waals surface area contributed by atoms with E-state index in [0.29, 0.717) is 5.56 Å². The molecule has 0 aliphatic rings. The highest BCUT2D eigenvalue weighted by atomic mass is 35.5. The van der Waals surface area contributed by atoms with Gasteiger partial charge >= 0.3 is 0 Å². The molecule has 1 N–H and O–H groups in total. The number of nitro groups is 1. The van der Waals surface area contributed by atoms with Crippen molar-refractivity contribution in [2.75, 3.05) is 5.32 Å². The number of hydrogen-bond acceptors (Lipinski definition) is 6. The number of tetrazole rings is 1. The Morgan fingerprint density at radius 3 is 2.65 bits per heavy atom. The number of nitro benzene ring substituents is 1. The number of hydrogen-bond donors (Lipinski definition) is 1. The molecule has 0 aliphatic heterocycles. The Morgan fingerprint density at radius 2 is 2.00 bits per heavy atom. The Hall–Kier alpha value is -3.40. The van der Waals surface area contributed by atoms with Gasteiger partial charge in [-0.2, -0.15) is 4.80 Å². The molecule has 11 heteroatoms. The Morgan fingerprint density at radius 1 is 1.27 bits per heavy atom. The van der Waals surface area contributed by atoms with Gasteiger partial charge in [-0.3, -0.25) is 14.9 Å². The van der Waals surface area contributed by atoms with Gasteiger partial charge in [-0.15, -0.1) is 10.2 Å². The van der Waals surface area contributed by atoms with Crippen molar-refractivity contribution in [1.82, 2.24) is 20.2 Å². The lowest BCUT2D eigenvalue weighted by Crippen LogP contribution is -2.20. The van der Waals surface area contributed by atoms with Crippen LogP contribution in [0.4, 0.5) is 15.8 Å². The van der Waals surface area contributed by atoms with Crippen LogP contribution in [0.25, 0.3) is 11.4 Å². The SMILES string of the molecule is O=C(Cn1nnc(-c2ccc(F)cc2)n1)Nc1ccc([N+](=O)[O-])cc1Cl. The summed E-state index contributed by atoms with van der Waals surface area (Å²) < 4.78 is 12.9. The molecule has 3 rings (SSSR count). The minimum Gasteiger partial charge on any atom is -0.323 e. The molecule has 0 spiro atoms. The number of halogens is 2. The molecule has 1 aromatic heterocycles. The van der Waals surface area contributed by atoms with Gasteiger partial charge in [0.05, 0.1) is 15.6 Å². The Kier molecular flexibility index (Phi) is 4.85. The predicted molar refractivity (Wildman–Crippen MR) is 89.9 cm³/mol. The second-order valence-corrected chi connectivity index (χ2v) is 5.53. The van der Waals surface area contributed by atoms with Crippen LogP contribution in [0.2, 0.25) is 5.02 Å². The standard InChI is InChI=1S/C15H10ClFN6O3/c16-12-7-11(23(25)26)5-6-13(12)18-14(24)8-22-20-15(19-21-22)9-1-3-10(17)4-2-9/h1-7H,8H2,(H,18,24). The molecule has 0 bridgehead atoms. The van der Waals surface area contributed by atoms with Crippen LogP contribution in [-0.4, -0.2) is 31.0 Å². The van der Waals surface area contributed by atoms with Crippen molar-refractivity contribution in [2.45, 2.75) is 6.54 Å². The Balaban J connectivity index is 1.67. The molecule has 26 heavy (non-hydrogen) atoms. The van der Waals surface area contributed by atoms with E-state index < -0.39 is 10.8 Å². The molecule has 1 amide bonds. The average molecular weight is 377 g/mol. The topological polar surface area (TPSA) is 116 Å². The molecule has 0 unspecified atom stereocenters. The molecule has 132 valence electrons. The van der Waals surface area contributed by atoms with Crippen LogP contribution < -0.4 is 5.32 Å². The number of amides is 1. The van der Waals surface area contributed by atoms with Gasteiger partial charge in [0, 0.05) is 17.7 Å². The number of carbonyl (C=O) groups excluding carboxylic acids is 1. The van der Waals surface area contributed by atoms with Crippen molar-refractivity contribution in [3.8, 4) is 11.4 Å². The third-order valence-electron chi connectivity index (χ3n) is 3.28. The molecule has 0 radical (unpaired) electrons. The summed E-state index contributed by atoms with van der Waals surface area (Å²) in [5.74, 6) is -0.643. The molecule has 1 heterocycles. The second kappa shape index (κ2) is 7.23. The van der Waals surface area contributed by atoms with Crippen LogP contribution in [0.1, 0.15) is 0 Å². The normalized spacial score (nSPS) is 10.5. The largest absolute Gasteiger partial charge is 0.323 e. The third-order valence-corrected chi connectivity index (χ3v) is 3.59. The molecule has 0 atom stereocenters. The Labute approximate surface area is 150 Å². The van der Waals surface area contributed by atoms with Crippen molar-refractivity contribution < 1.29 is 14.1 Å². The molecular formula is C15H10ClFN6O3. The number of carbonyl (C=O) groups is 1. The molecule has 0 saturated heterocycles. The van der Waals surface area contributed by atoms with E-state index in [1.54, 1.807) is 0 Å². The lowest BCUT2D eigenvalue weighted by Gasteiger charge is -2.06. The molecular weight excluding hydrogens is 367 g/mol. The maximum absolute atomic E-state index is 12.9. The van der Waals surface area contributed by atoms with Gasteiger partial charge in [0.15, 0.2) is 0 Å². The summed E-state index contributed by atoms with van der Waals surface area (Å²) in [6.07, 6.45) is 0. The average Bonchev–Trinajstić information content (AvgIpc) is 3.05. The maximum atomic E-state index is 12.9. The summed E-state index contributed by atoms with van der Waals surface area (Å²) in [5, 5.41) is 24.8. The van der Waals surface area contributed by atoms with Gasteiger partial charge in [0.1, 0.15) is 12.4 Å². The lowest BCUT2D eigenvalue weighted by molar-refractivity contribution is -0.384. The number of aromatic nitrogens is 4. The quantitative estimate of drug-likeness (QED) is 0.540. The predicted octanol–water partition coefficient (Wildman–Crippen LogP) is 2.68. The highest BCUT2D eigenvalue weighted by Crippen LogP contribution is 2.26. The van der Waals surface area contributed by atoms with Gasteiger partial charge in [0.25, 0.3) is 5.69 Å². The minimum absolute atomic E-state index is 0.0334. The van der Waals surface area contributed by atoms with E-state index in [9.17, 15) is 19.3 Å². The summed E-state index contributed by atoms with van der Waals surface area (Å²) in [6.45, 7) is -0.249. The molecule has 0 saturated carbocycles. The first kappa shape index (κ1) is 17.4. The van der Waals surface area contributed by atoms with E-state index in [4.69, 9.17) is 11.6 Å². The zero-order valence-corrected chi connectivity index (χ0v) is 13.7. The zero-order chi connectivity index (χ0) is 18.7. The minimum atomic E-state index is -0.589. The molecule has 3 aromatic rings. The maximum Gasteiger partial charge on any atom is 0.271 e. The number of non-ortho nitro benzene ring substituents is 1. The van der Waals surface area contributed by atoms with E-state index in [2.05, 4.69) is 20.7 Å². The zero-order valence-electron chi connectivity index (χ0n) is 13.0. The van der Waals surface area contributed by atoms with Crippen LogP contribution in [0.15, 0.2) is 42.5 Å². The summed E-state index contributed by atoms with van der Waals surface area (Å²) >= 11 is 5.92. The molecule has 9 nitrogen and oxygen atoms in total. The van der Waals surface area contributed by atoms with E-state index >= 15 is 0 Å². The van der Waals surface area contributed by atoms with Gasteiger partial charge < -0.3 is 5.32 Å². The first-order valence-corrected chi connectivity index (χ1v) is 7.58. The number of nitrogens with one attached hydrogen (secondary N) is 1. The fraction of sp³-hybridized carbons (Fsp3) is 0.0667. The second-order valence-electron chi connectivity index (χ2n) is 5.12. The number of rotatable bonds is 5. The summed E-state index contributed by atoms with van der Waals surface area (Å²) in [5.41, 5.74) is 0.590. The van der Waals surface area contributed by atoms with Gasteiger partial charge in [-0.05, 0) is 35.5 Å². The highest BCUT2D eigenvalue weighted by Gasteiger charge is 2.13. The number of nitrogens with zero attached hydrogens (tertiary/aromatic N) is 5. The van der Waals surface area contributed by atoms with Gasteiger partial charge in [-0.25, -0.2) is 4.39 Å². The summed E-state index contributed by atoms with van der Waals surface area (Å²) in [4.78, 5) is 23.2. The van der Waals surface area contributed by atoms with Crippen LogP contribution in [-0.2, 0) is 11.3 Å². The van der Waals surface area contributed by atoms with Crippen molar-refractivity contribution in [1.29, 1.82) is 0 Å².